The van der Waals surface area contributed by atoms with Gasteiger partial charge in [-0.05, 0) is 0 Å². The highest BCUT2D eigenvalue weighted by molar-refractivity contribution is 5.54. The van der Waals surface area contributed by atoms with Crippen molar-refractivity contribution >= 4 is 0 Å². The van der Waals surface area contributed by atoms with Crippen LogP contribution >= 0.6 is 0 Å². The molecule has 0 aromatic carbocycles. The number of nitrogens with zero attached hydrogens (tertiary/aromatic N) is 3. The van der Waals surface area contributed by atoms with Crippen LogP contribution in [0.5, 0.6) is 0 Å². The van der Waals surface area contributed by atoms with Gasteiger partial charge in [-0.3, -0.25) is 0 Å². The molecule has 92 valence electrons. The summed E-state index contributed by atoms with van der Waals surface area (Å²) in [7, 11) is 3.60. The van der Waals surface area contributed by atoms with E-state index >= 15 is 0 Å². The summed E-state index contributed by atoms with van der Waals surface area (Å²) in [5, 5.41) is 3.23. The van der Waals surface area contributed by atoms with Gasteiger partial charge >= 0.3 is 0 Å². The number of imidazole rings is 1. The summed E-state index contributed by atoms with van der Waals surface area (Å²) in [5.74, 6) is 0.759. The van der Waals surface area contributed by atoms with Crippen molar-refractivity contribution in [3.8, 4) is 11.5 Å². The van der Waals surface area contributed by atoms with E-state index in [2.05, 4.69) is 15.3 Å². The third kappa shape index (κ3) is 2.72. The number of oxazole rings is 1. The Labute approximate surface area is 99.6 Å². The molecule has 0 saturated carbocycles. The van der Waals surface area contributed by atoms with Crippen LogP contribution in [-0.4, -0.2) is 34.8 Å². The van der Waals surface area contributed by atoms with Crippen molar-refractivity contribution in [1.82, 2.24) is 19.9 Å². The van der Waals surface area contributed by atoms with E-state index in [1.165, 1.54) is 6.39 Å². The van der Waals surface area contributed by atoms with Crippen LogP contribution in [0.4, 0.5) is 0 Å². The number of hydrogen-bond donors (Lipinski definition) is 1. The molecular weight excluding hydrogens is 220 g/mol. The molecule has 2 aromatic heterocycles. The molecule has 17 heavy (non-hydrogen) atoms. The first kappa shape index (κ1) is 11.8. The average molecular weight is 236 g/mol. The second kappa shape index (κ2) is 5.60. The van der Waals surface area contributed by atoms with Gasteiger partial charge in [-0.15, -0.1) is 0 Å². The van der Waals surface area contributed by atoms with E-state index in [1.54, 1.807) is 19.6 Å². The van der Waals surface area contributed by atoms with Crippen molar-refractivity contribution < 1.29 is 9.15 Å². The Kier molecular flexibility index (Phi) is 3.89. The Morgan fingerprint density at radius 3 is 3.12 bits per heavy atom. The molecule has 0 saturated heterocycles. The van der Waals surface area contributed by atoms with Crippen LogP contribution in [0.2, 0.25) is 0 Å². The topological polar surface area (TPSA) is 65.1 Å². The molecule has 0 atom stereocenters. The minimum atomic E-state index is 0.653. The summed E-state index contributed by atoms with van der Waals surface area (Å²) in [5.41, 5.74) is 1.80. The minimum absolute atomic E-state index is 0.653. The predicted molar refractivity (Wildman–Crippen MR) is 62.3 cm³/mol. The lowest BCUT2D eigenvalue weighted by molar-refractivity contribution is 0.199. The molecule has 2 heterocycles. The van der Waals surface area contributed by atoms with Gasteiger partial charge in [-0.1, -0.05) is 0 Å². The lowest BCUT2D eigenvalue weighted by Crippen LogP contribution is -2.19. The van der Waals surface area contributed by atoms with Gasteiger partial charge in [0, 0.05) is 27.2 Å². The smallest absolute Gasteiger partial charge is 0.181 e. The average Bonchev–Trinajstić information content (AvgIpc) is 2.93. The van der Waals surface area contributed by atoms with E-state index in [0.717, 1.165) is 23.7 Å². The van der Waals surface area contributed by atoms with Crippen LogP contribution in [0.15, 0.2) is 23.3 Å². The van der Waals surface area contributed by atoms with Crippen LogP contribution < -0.4 is 5.32 Å². The molecule has 0 spiro atoms. The Morgan fingerprint density at radius 2 is 2.41 bits per heavy atom. The fraction of sp³-hybridized carbons (Fsp3) is 0.455. The maximum absolute atomic E-state index is 5.40. The molecule has 0 radical (unpaired) electrons. The molecular formula is C11H16N4O2. The van der Waals surface area contributed by atoms with Gasteiger partial charge in [0.15, 0.2) is 12.2 Å². The number of ether oxygens (including phenoxy) is 1. The lowest BCUT2D eigenvalue weighted by atomic mass is 10.2. The van der Waals surface area contributed by atoms with E-state index in [9.17, 15) is 0 Å². The molecule has 2 rings (SSSR count). The quantitative estimate of drug-likeness (QED) is 0.752. The van der Waals surface area contributed by atoms with Gasteiger partial charge in [0.2, 0.25) is 0 Å². The summed E-state index contributed by atoms with van der Waals surface area (Å²) in [6.45, 7) is 2.12. The van der Waals surface area contributed by atoms with Crippen LogP contribution in [0, 0.1) is 0 Å². The molecule has 1 N–H and O–H groups in total. The van der Waals surface area contributed by atoms with Crippen LogP contribution in [0.25, 0.3) is 11.5 Å². The lowest BCUT2D eigenvalue weighted by Gasteiger charge is -2.03. The standard InChI is InChI=1S/C11H16N4O2/c1-15-7-13-6-10(15)11-9(14-8-17-11)5-12-3-4-16-2/h6-8,12H,3-5H2,1-2H3. The van der Waals surface area contributed by atoms with Gasteiger partial charge in [0.25, 0.3) is 0 Å². The summed E-state index contributed by atoms with van der Waals surface area (Å²) in [6, 6.07) is 0. The van der Waals surface area contributed by atoms with Gasteiger partial charge in [0.1, 0.15) is 11.4 Å². The first-order valence-electron chi connectivity index (χ1n) is 5.41. The van der Waals surface area contributed by atoms with Gasteiger partial charge in [0.05, 0.1) is 19.1 Å². The van der Waals surface area contributed by atoms with Gasteiger partial charge < -0.3 is 19.0 Å². The molecule has 6 nitrogen and oxygen atoms in total. The summed E-state index contributed by atoms with van der Waals surface area (Å²) < 4.78 is 12.3. The number of aryl methyl sites for hydroxylation is 1. The first-order chi connectivity index (χ1) is 8.33. The normalized spacial score (nSPS) is 10.9. The third-order valence-electron chi connectivity index (χ3n) is 2.47. The third-order valence-corrected chi connectivity index (χ3v) is 2.47. The SMILES string of the molecule is COCCNCc1ncoc1-c1cncn1C. The molecule has 0 aliphatic rings. The van der Waals surface area contributed by atoms with Crippen LogP contribution in [-0.2, 0) is 18.3 Å². The maximum Gasteiger partial charge on any atom is 0.181 e. The summed E-state index contributed by atoms with van der Waals surface area (Å²) in [4.78, 5) is 8.26. The second-order valence-electron chi connectivity index (χ2n) is 3.69. The monoisotopic (exact) mass is 236 g/mol. The Balaban J connectivity index is 2.05. The van der Waals surface area contributed by atoms with Crippen molar-refractivity contribution in [3.63, 3.8) is 0 Å². The van der Waals surface area contributed by atoms with E-state index in [4.69, 9.17) is 9.15 Å². The highest BCUT2D eigenvalue weighted by atomic mass is 16.5. The zero-order valence-corrected chi connectivity index (χ0v) is 10.0. The summed E-state index contributed by atoms with van der Waals surface area (Å²) >= 11 is 0. The van der Waals surface area contributed by atoms with Crippen molar-refractivity contribution in [3.05, 3.63) is 24.6 Å². The molecule has 2 aromatic rings. The number of hydrogen-bond acceptors (Lipinski definition) is 5. The zero-order valence-electron chi connectivity index (χ0n) is 10.0. The van der Waals surface area contributed by atoms with Crippen LogP contribution in [0.1, 0.15) is 5.69 Å². The number of methoxy groups -OCH3 is 1. The molecule has 0 aliphatic heterocycles. The number of aromatic nitrogens is 3. The fourth-order valence-electron chi connectivity index (χ4n) is 1.56. The van der Waals surface area contributed by atoms with Crippen molar-refractivity contribution in [2.45, 2.75) is 6.54 Å². The van der Waals surface area contributed by atoms with E-state index < -0.39 is 0 Å². The van der Waals surface area contributed by atoms with Crippen molar-refractivity contribution in [2.75, 3.05) is 20.3 Å². The maximum atomic E-state index is 5.40. The summed E-state index contributed by atoms with van der Waals surface area (Å²) in [6.07, 6.45) is 4.95. The molecule has 0 unspecified atom stereocenters. The highest BCUT2D eigenvalue weighted by Crippen LogP contribution is 2.21. The van der Waals surface area contributed by atoms with Crippen molar-refractivity contribution in [2.24, 2.45) is 7.05 Å². The second-order valence-corrected chi connectivity index (χ2v) is 3.69. The van der Waals surface area contributed by atoms with E-state index in [-0.39, 0.29) is 0 Å². The molecule has 0 aliphatic carbocycles. The van der Waals surface area contributed by atoms with Crippen LogP contribution in [0.3, 0.4) is 0 Å². The Bertz CT molecular complexity index is 463. The predicted octanol–water partition coefficient (Wildman–Crippen LogP) is 0.811. The fourth-order valence-corrected chi connectivity index (χ4v) is 1.56. The first-order valence-corrected chi connectivity index (χ1v) is 5.41. The van der Waals surface area contributed by atoms with E-state index in [1.807, 2.05) is 11.6 Å². The molecule has 0 amide bonds. The van der Waals surface area contributed by atoms with Gasteiger partial charge in [-0.25, -0.2) is 9.97 Å². The zero-order chi connectivity index (χ0) is 12.1. The Morgan fingerprint density at radius 1 is 1.53 bits per heavy atom. The highest BCUT2D eigenvalue weighted by Gasteiger charge is 2.13. The largest absolute Gasteiger partial charge is 0.442 e. The molecule has 0 fully saturated rings. The Hall–Kier alpha value is -1.66. The van der Waals surface area contributed by atoms with Crippen molar-refractivity contribution in [1.29, 1.82) is 0 Å². The number of rotatable bonds is 6. The van der Waals surface area contributed by atoms with Gasteiger partial charge in [-0.2, -0.15) is 0 Å². The van der Waals surface area contributed by atoms with E-state index in [0.29, 0.717) is 13.2 Å². The molecule has 6 heteroatoms. The minimum Gasteiger partial charge on any atom is -0.442 e. The molecule has 0 bridgehead atoms. The number of nitrogens with one attached hydrogen (secondary N) is 1.